The number of fused-ring (bicyclic) bond motifs is 1. The van der Waals surface area contributed by atoms with Crippen molar-refractivity contribution >= 4 is 11.8 Å². The molecule has 1 unspecified atom stereocenters. The lowest BCUT2D eigenvalue weighted by Gasteiger charge is -2.29. The first-order chi connectivity index (χ1) is 17.9. The van der Waals surface area contributed by atoms with Gasteiger partial charge in [-0.15, -0.1) is 0 Å². The molecule has 9 heteroatoms. The lowest BCUT2D eigenvalue weighted by atomic mass is 10.1. The van der Waals surface area contributed by atoms with Gasteiger partial charge in [0.1, 0.15) is 11.9 Å². The average Bonchev–Trinajstić information content (AvgIpc) is 3.39. The maximum absolute atomic E-state index is 13.5. The van der Waals surface area contributed by atoms with Gasteiger partial charge in [-0.2, -0.15) is 0 Å². The summed E-state index contributed by atoms with van der Waals surface area (Å²) in [5, 5.41) is 2.89. The minimum atomic E-state index is -0.785. The molecule has 0 aliphatic carbocycles. The summed E-state index contributed by atoms with van der Waals surface area (Å²) < 4.78 is 34.8. The number of hydrogen-bond acceptors (Lipinski definition) is 6. The van der Waals surface area contributed by atoms with E-state index in [4.69, 9.17) is 18.9 Å². The predicted molar refractivity (Wildman–Crippen MR) is 134 cm³/mol. The highest BCUT2D eigenvalue weighted by atomic mass is 19.1. The van der Waals surface area contributed by atoms with E-state index in [0.717, 1.165) is 5.56 Å². The minimum absolute atomic E-state index is 0.0430. The van der Waals surface area contributed by atoms with Gasteiger partial charge in [0.25, 0.3) is 0 Å². The highest BCUT2D eigenvalue weighted by Gasteiger charge is 2.26. The molecule has 0 aromatic heterocycles. The number of nitrogens with zero attached hydrogens (tertiary/aromatic N) is 1. The van der Waals surface area contributed by atoms with Crippen LogP contribution in [0.1, 0.15) is 23.6 Å². The maximum atomic E-state index is 13.5. The number of halogens is 1. The number of carbonyl (C=O) groups is 2. The highest BCUT2D eigenvalue weighted by Crippen LogP contribution is 2.32. The van der Waals surface area contributed by atoms with Gasteiger partial charge in [-0.3, -0.25) is 9.59 Å². The fourth-order valence-electron chi connectivity index (χ4n) is 4.02. The van der Waals surface area contributed by atoms with Crippen LogP contribution in [0.15, 0.2) is 60.7 Å². The summed E-state index contributed by atoms with van der Waals surface area (Å²) in [7, 11) is 3.06. The lowest BCUT2D eigenvalue weighted by Crippen LogP contribution is -2.48. The quantitative estimate of drug-likeness (QED) is 0.448. The number of amides is 2. The molecule has 1 aliphatic heterocycles. The Morgan fingerprint density at radius 2 is 1.59 bits per heavy atom. The Morgan fingerprint density at radius 1 is 0.919 bits per heavy atom. The predicted octanol–water partition coefficient (Wildman–Crippen LogP) is 3.85. The monoisotopic (exact) mass is 508 g/mol. The number of methoxy groups -OCH3 is 2. The molecule has 4 rings (SSSR count). The van der Waals surface area contributed by atoms with Gasteiger partial charge in [0.05, 0.1) is 20.6 Å². The van der Waals surface area contributed by atoms with Crippen LogP contribution in [0.25, 0.3) is 0 Å². The fraction of sp³-hybridized carbons (Fsp3) is 0.286. The summed E-state index contributed by atoms with van der Waals surface area (Å²) in [6.45, 7) is 2.24. The molecule has 0 saturated heterocycles. The van der Waals surface area contributed by atoms with Gasteiger partial charge in [-0.05, 0) is 60.0 Å². The third kappa shape index (κ3) is 6.30. The van der Waals surface area contributed by atoms with E-state index in [9.17, 15) is 14.0 Å². The molecule has 3 aromatic rings. The van der Waals surface area contributed by atoms with Crippen molar-refractivity contribution in [3.05, 3.63) is 83.2 Å². The van der Waals surface area contributed by atoms with E-state index >= 15 is 0 Å². The SMILES string of the molecule is COc1ccc(CC(=O)N(Cc2ccc(F)cc2)C(C)C(=O)NCc2ccc3c(c2)OCO3)cc1OC. The Labute approximate surface area is 214 Å². The van der Waals surface area contributed by atoms with Gasteiger partial charge in [0.15, 0.2) is 23.0 Å². The summed E-state index contributed by atoms with van der Waals surface area (Å²) in [6, 6.07) is 15.8. The van der Waals surface area contributed by atoms with Crippen LogP contribution in [-0.2, 0) is 29.1 Å². The van der Waals surface area contributed by atoms with Crippen LogP contribution >= 0.6 is 0 Å². The first-order valence-electron chi connectivity index (χ1n) is 11.8. The number of nitrogens with one attached hydrogen (secondary N) is 1. The first-order valence-corrected chi connectivity index (χ1v) is 11.8. The summed E-state index contributed by atoms with van der Waals surface area (Å²) in [5.74, 6) is 1.40. The molecular formula is C28H29FN2O6. The smallest absolute Gasteiger partial charge is 0.242 e. The lowest BCUT2D eigenvalue weighted by molar-refractivity contribution is -0.140. The number of benzene rings is 3. The van der Waals surface area contributed by atoms with E-state index in [2.05, 4.69) is 5.32 Å². The average molecular weight is 509 g/mol. The molecule has 37 heavy (non-hydrogen) atoms. The number of hydrogen-bond donors (Lipinski definition) is 1. The molecule has 0 fully saturated rings. The molecule has 1 aliphatic rings. The maximum Gasteiger partial charge on any atom is 0.242 e. The summed E-state index contributed by atoms with van der Waals surface area (Å²) in [5.41, 5.74) is 2.25. The molecule has 1 N–H and O–H groups in total. The summed E-state index contributed by atoms with van der Waals surface area (Å²) >= 11 is 0. The first kappa shape index (κ1) is 25.8. The zero-order chi connectivity index (χ0) is 26.4. The van der Waals surface area contributed by atoms with Crippen LogP contribution in [0.5, 0.6) is 23.0 Å². The van der Waals surface area contributed by atoms with Crippen LogP contribution in [-0.4, -0.2) is 43.8 Å². The third-order valence-corrected chi connectivity index (χ3v) is 6.14. The molecule has 2 amide bonds. The second-order valence-corrected chi connectivity index (χ2v) is 8.60. The van der Waals surface area contributed by atoms with Crippen molar-refractivity contribution in [2.75, 3.05) is 21.0 Å². The number of carbonyl (C=O) groups excluding carboxylic acids is 2. The second-order valence-electron chi connectivity index (χ2n) is 8.60. The molecule has 1 heterocycles. The van der Waals surface area contributed by atoms with E-state index in [0.29, 0.717) is 34.1 Å². The van der Waals surface area contributed by atoms with Gasteiger partial charge in [0, 0.05) is 13.1 Å². The number of ether oxygens (including phenoxy) is 4. The number of rotatable bonds is 10. The molecule has 0 radical (unpaired) electrons. The summed E-state index contributed by atoms with van der Waals surface area (Å²) in [6.07, 6.45) is 0.0430. The van der Waals surface area contributed by atoms with E-state index in [1.165, 1.54) is 31.3 Å². The van der Waals surface area contributed by atoms with Crippen LogP contribution in [0, 0.1) is 5.82 Å². The standard InChI is InChI=1S/C28H29FN2O6/c1-18(28(33)30-15-21-7-11-24-26(13-21)37-17-36-24)31(16-19-4-8-22(29)9-5-19)27(32)14-20-6-10-23(34-2)25(12-20)35-3/h4-13,18H,14-17H2,1-3H3,(H,30,33). The normalized spacial score (nSPS) is 12.5. The Hall–Kier alpha value is -4.27. The van der Waals surface area contributed by atoms with Gasteiger partial charge in [-0.1, -0.05) is 24.3 Å². The topological polar surface area (TPSA) is 86.3 Å². The zero-order valence-electron chi connectivity index (χ0n) is 21.0. The largest absolute Gasteiger partial charge is 0.493 e. The molecule has 1 atom stereocenters. The van der Waals surface area contributed by atoms with Crippen molar-refractivity contribution in [3.63, 3.8) is 0 Å². The summed E-state index contributed by atoms with van der Waals surface area (Å²) in [4.78, 5) is 28.1. The van der Waals surface area contributed by atoms with Crippen molar-refractivity contribution < 1.29 is 32.9 Å². The second kappa shape index (κ2) is 11.6. The van der Waals surface area contributed by atoms with Crippen molar-refractivity contribution in [1.82, 2.24) is 10.2 Å². The van der Waals surface area contributed by atoms with Gasteiger partial charge < -0.3 is 29.2 Å². The van der Waals surface area contributed by atoms with E-state index in [1.54, 1.807) is 43.3 Å². The molecule has 0 bridgehead atoms. The zero-order valence-corrected chi connectivity index (χ0v) is 21.0. The Balaban J connectivity index is 1.49. The fourth-order valence-corrected chi connectivity index (χ4v) is 4.02. The Kier molecular flexibility index (Phi) is 8.12. The van der Waals surface area contributed by atoms with Crippen LogP contribution in [0.3, 0.4) is 0 Å². The van der Waals surface area contributed by atoms with Gasteiger partial charge in [-0.25, -0.2) is 4.39 Å². The molecule has 194 valence electrons. The third-order valence-electron chi connectivity index (χ3n) is 6.14. The molecule has 0 spiro atoms. The minimum Gasteiger partial charge on any atom is -0.493 e. The molecule has 3 aromatic carbocycles. The van der Waals surface area contributed by atoms with Gasteiger partial charge in [0.2, 0.25) is 18.6 Å². The van der Waals surface area contributed by atoms with Crippen LogP contribution in [0.2, 0.25) is 0 Å². The molecule has 0 saturated carbocycles. The van der Waals surface area contributed by atoms with Crippen molar-refractivity contribution in [2.24, 2.45) is 0 Å². The Bertz CT molecular complexity index is 1260. The van der Waals surface area contributed by atoms with Crippen LogP contribution < -0.4 is 24.3 Å². The van der Waals surface area contributed by atoms with E-state index in [-0.39, 0.29) is 43.9 Å². The van der Waals surface area contributed by atoms with Crippen molar-refractivity contribution in [1.29, 1.82) is 0 Å². The highest BCUT2D eigenvalue weighted by molar-refractivity contribution is 5.88. The van der Waals surface area contributed by atoms with Crippen molar-refractivity contribution in [3.8, 4) is 23.0 Å². The van der Waals surface area contributed by atoms with Crippen molar-refractivity contribution in [2.45, 2.75) is 32.5 Å². The van der Waals surface area contributed by atoms with E-state index in [1.807, 2.05) is 12.1 Å². The Morgan fingerprint density at radius 3 is 2.32 bits per heavy atom. The molecule has 8 nitrogen and oxygen atoms in total. The molecular weight excluding hydrogens is 479 g/mol. The van der Waals surface area contributed by atoms with E-state index < -0.39 is 6.04 Å². The van der Waals surface area contributed by atoms with Gasteiger partial charge >= 0.3 is 0 Å². The van der Waals surface area contributed by atoms with Crippen LogP contribution in [0.4, 0.5) is 4.39 Å².